The molecule has 7 heteroatoms. The van der Waals surface area contributed by atoms with Gasteiger partial charge in [0.2, 0.25) is 5.91 Å². The number of benzene rings is 1. The molecule has 1 aromatic carbocycles. The topological polar surface area (TPSA) is 100 Å². The van der Waals surface area contributed by atoms with Crippen LogP contribution < -0.4 is 10.6 Å². The number of imidazole rings is 1. The van der Waals surface area contributed by atoms with Crippen LogP contribution in [0.5, 0.6) is 0 Å². The maximum absolute atomic E-state index is 12.1. The summed E-state index contributed by atoms with van der Waals surface area (Å²) in [5, 5.41) is 5.61. The molecule has 0 saturated carbocycles. The Morgan fingerprint density at radius 2 is 2.11 bits per heavy atom. The first-order valence-corrected chi connectivity index (χ1v) is 9.26. The maximum Gasteiger partial charge on any atom is 0.286 e. The number of carbonyl (C=O) groups is 2. The number of furan rings is 1. The van der Waals surface area contributed by atoms with Gasteiger partial charge in [-0.2, -0.15) is 0 Å². The van der Waals surface area contributed by atoms with Gasteiger partial charge in [-0.1, -0.05) is 13.3 Å². The van der Waals surface area contributed by atoms with Gasteiger partial charge in [0, 0.05) is 25.1 Å². The first kappa shape index (κ1) is 18.7. The number of hydrogen-bond donors (Lipinski definition) is 3. The van der Waals surface area contributed by atoms with Gasteiger partial charge in [0.15, 0.2) is 5.76 Å². The lowest BCUT2D eigenvalue weighted by Crippen LogP contribution is -2.25. The SMILES string of the molecule is CCCCc1nc2ccc(NC(=O)CCCNC(=O)c3ccco3)cc2[nH]1. The second-order valence-corrected chi connectivity index (χ2v) is 6.40. The van der Waals surface area contributed by atoms with E-state index in [9.17, 15) is 9.59 Å². The lowest BCUT2D eigenvalue weighted by molar-refractivity contribution is -0.116. The number of fused-ring (bicyclic) bond motifs is 1. The molecule has 0 bridgehead atoms. The molecule has 0 aliphatic carbocycles. The van der Waals surface area contributed by atoms with Crippen LogP contribution in [-0.4, -0.2) is 28.3 Å². The van der Waals surface area contributed by atoms with Gasteiger partial charge in [-0.3, -0.25) is 9.59 Å². The molecule has 0 fully saturated rings. The number of hydrogen-bond acceptors (Lipinski definition) is 4. The van der Waals surface area contributed by atoms with E-state index in [0.29, 0.717) is 19.4 Å². The van der Waals surface area contributed by atoms with Crippen molar-refractivity contribution in [2.75, 3.05) is 11.9 Å². The Kier molecular flexibility index (Phi) is 6.25. The highest BCUT2D eigenvalue weighted by molar-refractivity contribution is 5.93. The smallest absolute Gasteiger partial charge is 0.286 e. The number of aromatic amines is 1. The van der Waals surface area contributed by atoms with Crippen LogP contribution in [0.2, 0.25) is 0 Å². The Morgan fingerprint density at radius 3 is 2.89 bits per heavy atom. The van der Waals surface area contributed by atoms with E-state index in [1.54, 1.807) is 12.1 Å². The number of amides is 2. The summed E-state index contributed by atoms with van der Waals surface area (Å²) in [6.07, 6.45) is 5.47. The quantitative estimate of drug-likeness (QED) is 0.502. The number of carbonyl (C=O) groups excluding carboxylic acids is 2. The van der Waals surface area contributed by atoms with Crippen LogP contribution in [0.1, 0.15) is 49.0 Å². The summed E-state index contributed by atoms with van der Waals surface area (Å²) in [5.74, 6) is 0.879. The molecule has 27 heavy (non-hydrogen) atoms. The number of nitrogens with one attached hydrogen (secondary N) is 3. The Balaban J connectivity index is 1.45. The van der Waals surface area contributed by atoms with Gasteiger partial charge >= 0.3 is 0 Å². The van der Waals surface area contributed by atoms with E-state index < -0.39 is 0 Å². The van der Waals surface area contributed by atoms with E-state index in [2.05, 4.69) is 27.5 Å². The highest BCUT2D eigenvalue weighted by atomic mass is 16.3. The molecule has 0 unspecified atom stereocenters. The van der Waals surface area contributed by atoms with Gasteiger partial charge in [-0.15, -0.1) is 0 Å². The number of unbranched alkanes of at least 4 members (excludes halogenated alkanes) is 1. The van der Waals surface area contributed by atoms with Crippen molar-refractivity contribution in [2.45, 2.75) is 39.0 Å². The predicted molar refractivity (Wildman–Crippen MR) is 104 cm³/mol. The average Bonchev–Trinajstić information content (AvgIpc) is 3.32. The fraction of sp³-hybridized carbons (Fsp3) is 0.350. The van der Waals surface area contributed by atoms with E-state index >= 15 is 0 Å². The number of anilines is 1. The Bertz CT molecular complexity index is 899. The molecule has 7 nitrogen and oxygen atoms in total. The monoisotopic (exact) mass is 368 g/mol. The van der Waals surface area contributed by atoms with Gasteiger partial charge in [-0.05, 0) is 43.2 Å². The zero-order chi connectivity index (χ0) is 19.1. The molecular formula is C20H24N4O3. The molecule has 0 atom stereocenters. The van der Waals surface area contributed by atoms with Crippen molar-refractivity contribution in [2.24, 2.45) is 0 Å². The molecule has 3 aromatic rings. The molecule has 0 spiro atoms. The summed E-state index contributed by atoms with van der Waals surface area (Å²) in [5.41, 5.74) is 2.56. The summed E-state index contributed by atoms with van der Waals surface area (Å²) < 4.78 is 5.01. The normalized spacial score (nSPS) is 10.9. The highest BCUT2D eigenvalue weighted by Gasteiger charge is 2.09. The number of H-pyrrole nitrogens is 1. The van der Waals surface area contributed by atoms with Crippen LogP contribution >= 0.6 is 0 Å². The van der Waals surface area contributed by atoms with Crippen molar-refractivity contribution in [3.8, 4) is 0 Å². The van der Waals surface area contributed by atoms with Gasteiger partial charge in [0.05, 0.1) is 17.3 Å². The van der Waals surface area contributed by atoms with E-state index in [-0.39, 0.29) is 17.6 Å². The van der Waals surface area contributed by atoms with Crippen molar-refractivity contribution in [3.63, 3.8) is 0 Å². The number of aryl methyl sites for hydroxylation is 1. The van der Waals surface area contributed by atoms with Crippen LogP contribution in [-0.2, 0) is 11.2 Å². The molecule has 142 valence electrons. The molecule has 3 N–H and O–H groups in total. The molecule has 3 rings (SSSR count). The Labute approximate surface area is 157 Å². The highest BCUT2D eigenvalue weighted by Crippen LogP contribution is 2.18. The third kappa shape index (κ3) is 5.20. The number of aromatic nitrogens is 2. The van der Waals surface area contributed by atoms with E-state index in [1.165, 1.54) is 6.26 Å². The molecular weight excluding hydrogens is 344 g/mol. The minimum absolute atomic E-state index is 0.0904. The minimum Gasteiger partial charge on any atom is -0.459 e. The summed E-state index contributed by atoms with van der Waals surface area (Å²) >= 11 is 0. The first-order valence-electron chi connectivity index (χ1n) is 9.26. The third-order valence-electron chi connectivity index (χ3n) is 4.19. The summed E-state index contributed by atoms with van der Waals surface area (Å²) in [7, 11) is 0. The lowest BCUT2D eigenvalue weighted by Gasteiger charge is -2.06. The van der Waals surface area contributed by atoms with Crippen molar-refractivity contribution in [1.82, 2.24) is 15.3 Å². The summed E-state index contributed by atoms with van der Waals surface area (Å²) in [6, 6.07) is 8.91. The first-order chi connectivity index (χ1) is 13.2. The Hall–Kier alpha value is -3.09. The van der Waals surface area contributed by atoms with Crippen LogP contribution in [0.4, 0.5) is 5.69 Å². The van der Waals surface area contributed by atoms with Gasteiger partial charge in [0.1, 0.15) is 5.82 Å². The summed E-state index contributed by atoms with van der Waals surface area (Å²) in [6.45, 7) is 2.56. The molecule has 0 radical (unpaired) electrons. The third-order valence-corrected chi connectivity index (χ3v) is 4.19. The van der Waals surface area contributed by atoms with Gasteiger partial charge < -0.3 is 20.0 Å². The van der Waals surface area contributed by atoms with Crippen molar-refractivity contribution >= 4 is 28.5 Å². The molecule has 2 aromatic heterocycles. The van der Waals surface area contributed by atoms with Gasteiger partial charge in [-0.25, -0.2) is 4.98 Å². The molecule has 0 saturated heterocycles. The van der Waals surface area contributed by atoms with Crippen LogP contribution in [0.25, 0.3) is 11.0 Å². The van der Waals surface area contributed by atoms with E-state index in [4.69, 9.17) is 4.42 Å². The molecule has 2 amide bonds. The average molecular weight is 368 g/mol. The zero-order valence-corrected chi connectivity index (χ0v) is 15.4. The van der Waals surface area contributed by atoms with Gasteiger partial charge in [0.25, 0.3) is 5.91 Å². The fourth-order valence-electron chi connectivity index (χ4n) is 2.77. The van der Waals surface area contributed by atoms with E-state index in [1.807, 2.05) is 18.2 Å². The van der Waals surface area contributed by atoms with Crippen molar-refractivity contribution in [1.29, 1.82) is 0 Å². The number of rotatable bonds is 9. The second-order valence-electron chi connectivity index (χ2n) is 6.40. The largest absolute Gasteiger partial charge is 0.459 e. The minimum atomic E-state index is -0.274. The zero-order valence-electron chi connectivity index (χ0n) is 15.4. The molecule has 0 aliphatic heterocycles. The van der Waals surface area contributed by atoms with Crippen LogP contribution in [0.15, 0.2) is 41.0 Å². The van der Waals surface area contributed by atoms with Crippen LogP contribution in [0.3, 0.4) is 0 Å². The lowest BCUT2D eigenvalue weighted by atomic mass is 10.2. The second kappa shape index (κ2) is 9.02. The fourth-order valence-corrected chi connectivity index (χ4v) is 2.77. The molecule has 2 heterocycles. The Morgan fingerprint density at radius 1 is 1.22 bits per heavy atom. The standard InChI is InChI=1S/C20H24N4O3/c1-2-3-7-18-23-15-10-9-14(13-16(15)24-18)22-19(25)8-4-11-21-20(26)17-6-5-12-27-17/h5-6,9-10,12-13H,2-4,7-8,11H2,1H3,(H,21,26)(H,22,25)(H,23,24). The predicted octanol–water partition coefficient (Wildman–Crippen LogP) is 3.65. The molecule has 0 aliphatic rings. The van der Waals surface area contributed by atoms with E-state index in [0.717, 1.165) is 41.8 Å². The summed E-state index contributed by atoms with van der Waals surface area (Å²) in [4.78, 5) is 31.7. The number of nitrogens with zero attached hydrogens (tertiary/aromatic N) is 1. The van der Waals surface area contributed by atoms with Crippen LogP contribution in [0, 0.1) is 0 Å². The maximum atomic E-state index is 12.1. The van der Waals surface area contributed by atoms with Crippen molar-refractivity contribution < 1.29 is 14.0 Å². The van der Waals surface area contributed by atoms with Crippen molar-refractivity contribution in [3.05, 3.63) is 48.2 Å².